The largest absolute Gasteiger partial charge is 0.384 e. The van der Waals surface area contributed by atoms with E-state index in [4.69, 9.17) is 5.73 Å². The Morgan fingerprint density at radius 1 is 0.900 bits per heavy atom. The van der Waals surface area contributed by atoms with Gasteiger partial charge in [-0.1, -0.05) is 30.3 Å². The summed E-state index contributed by atoms with van der Waals surface area (Å²) in [6.07, 6.45) is 4.27. The highest BCUT2D eigenvalue weighted by Gasteiger charge is 2.05. The summed E-state index contributed by atoms with van der Waals surface area (Å²) in [5.41, 5.74) is 8.91. The number of nitrogens with two attached hydrogens (primary N) is 1. The van der Waals surface area contributed by atoms with Gasteiger partial charge in [0.05, 0.1) is 5.69 Å². The summed E-state index contributed by atoms with van der Waals surface area (Å²) < 4.78 is 0. The van der Waals surface area contributed by atoms with Crippen molar-refractivity contribution in [3.8, 4) is 11.4 Å². The average Bonchev–Trinajstić information content (AvgIpc) is 2.49. The van der Waals surface area contributed by atoms with Crippen molar-refractivity contribution in [3.05, 3.63) is 72.2 Å². The predicted octanol–water partition coefficient (Wildman–Crippen LogP) is 2.71. The second-order valence-electron chi connectivity index (χ2n) is 4.51. The van der Waals surface area contributed by atoms with Gasteiger partial charge in [-0.05, 0) is 17.7 Å². The molecule has 0 radical (unpaired) electrons. The Balaban J connectivity index is 1.95. The van der Waals surface area contributed by atoms with Crippen LogP contribution >= 0.6 is 0 Å². The molecule has 0 saturated heterocycles. The average molecular weight is 262 g/mol. The zero-order valence-electron chi connectivity index (χ0n) is 10.9. The summed E-state index contributed by atoms with van der Waals surface area (Å²) in [6, 6.07) is 15.6. The van der Waals surface area contributed by atoms with Crippen LogP contribution in [0, 0.1) is 0 Å². The molecular weight excluding hydrogens is 248 g/mol. The van der Waals surface area contributed by atoms with Gasteiger partial charge >= 0.3 is 0 Å². The lowest BCUT2D eigenvalue weighted by molar-refractivity contribution is 1.03. The van der Waals surface area contributed by atoms with Crippen LogP contribution in [0.3, 0.4) is 0 Å². The summed E-state index contributed by atoms with van der Waals surface area (Å²) in [7, 11) is 0. The van der Waals surface area contributed by atoms with E-state index in [1.165, 1.54) is 0 Å². The molecule has 1 aromatic carbocycles. The molecule has 3 aromatic rings. The number of anilines is 1. The van der Waals surface area contributed by atoms with Gasteiger partial charge in [-0.2, -0.15) is 0 Å². The second-order valence-corrected chi connectivity index (χ2v) is 4.51. The monoisotopic (exact) mass is 262 g/mol. The Bertz CT molecular complexity index is 696. The molecule has 2 aromatic heterocycles. The van der Waals surface area contributed by atoms with E-state index in [1.807, 2.05) is 48.5 Å². The predicted molar refractivity (Wildman–Crippen MR) is 78.9 cm³/mol. The summed E-state index contributed by atoms with van der Waals surface area (Å²) >= 11 is 0. The van der Waals surface area contributed by atoms with E-state index in [2.05, 4.69) is 15.0 Å². The molecular formula is C16H14N4. The Morgan fingerprint density at radius 2 is 1.65 bits per heavy atom. The van der Waals surface area contributed by atoms with Crippen molar-refractivity contribution in [1.29, 1.82) is 0 Å². The van der Waals surface area contributed by atoms with Crippen LogP contribution in [0.1, 0.15) is 11.3 Å². The van der Waals surface area contributed by atoms with Crippen molar-refractivity contribution in [1.82, 2.24) is 15.0 Å². The lowest BCUT2D eigenvalue weighted by atomic mass is 10.1. The molecule has 98 valence electrons. The van der Waals surface area contributed by atoms with Crippen molar-refractivity contribution < 1.29 is 0 Å². The Hall–Kier alpha value is -2.75. The fourth-order valence-corrected chi connectivity index (χ4v) is 2.04. The van der Waals surface area contributed by atoms with Gasteiger partial charge in [0, 0.05) is 30.4 Å². The van der Waals surface area contributed by atoms with Crippen LogP contribution in [0.25, 0.3) is 11.4 Å². The zero-order chi connectivity index (χ0) is 13.8. The summed E-state index contributed by atoms with van der Waals surface area (Å²) in [5, 5.41) is 0. The van der Waals surface area contributed by atoms with Gasteiger partial charge in [0.25, 0.3) is 0 Å². The van der Waals surface area contributed by atoms with Crippen LogP contribution in [-0.2, 0) is 6.42 Å². The van der Waals surface area contributed by atoms with Gasteiger partial charge in [0.15, 0.2) is 5.82 Å². The highest BCUT2D eigenvalue weighted by molar-refractivity contribution is 5.56. The van der Waals surface area contributed by atoms with Crippen molar-refractivity contribution in [2.24, 2.45) is 0 Å². The van der Waals surface area contributed by atoms with Crippen LogP contribution in [-0.4, -0.2) is 15.0 Å². The zero-order valence-corrected chi connectivity index (χ0v) is 10.9. The van der Waals surface area contributed by atoms with Crippen molar-refractivity contribution in [2.75, 3.05) is 5.73 Å². The molecule has 0 bridgehead atoms. The van der Waals surface area contributed by atoms with Crippen LogP contribution in [0.4, 0.5) is 5.82 Å². The van der Waals surface area contributed by atoms with Crippen molar-refractivity contribution in [3.63, 3.8) is 0 Å². The molecule has 0 fully saturated rings. The first-order chi connectivity index (χ1) is 9.81. The van der Waals surface area contributed by atoms with Crippen molar-refractivity contribution >= 4 is 5.82 Å². The van der Waals surface area contributed by atoms with Gasteiger partial charge < -0.3 is 5.73 Å². The summed E-state index contributed by atoms with van der Waals surface area (Å²) in [5.74, 6) is 1.15. The Labute approximate surface area is 117 Å². The topological polar surface area (TPSA) is 64.7 Å². The highest BCUT2D eigenvalue weighted by atomic mass is 14.9. The van der Waals surface area contributed by atoms with Gasteiger partial charge in [-0.3, -0.25) is 4.98 Å². The Kier molecular flexibility index (Phi) is 3.37. The third-order valence-corrected chi connectivity index (χ3v) is 2.97. The molecule has 0 atom stereocenters. The smallest absolute Gasteiger partial charge is 0.161 e. The van der Waals surface area contributed by atoms with Crippen LogP contribution in [0.2, 0.25) is 0 Å². The van der Waals surface area contributed by atoms with E-state index in [0.29, 0.717) is 11.6 Å². The second kappa shape index (κ2) is 5.48. The number of nitrogen functional groups attached to an aromatic ring is 1. The first kappa shape index (κ1) is 12.3. The molecule has 0 unspecified atom stereocenters. The van der Waals surface area contributed by atoms with E-state index < -0.39 is 0 Å². The third-order valence-electron chi connectivity index (χ3n) is 2.97. The third kappa shape index (κ3) is 2.80. The van der Waals surface area contributed by atoms with E-state index in [-0.39, 0.29) is 0 Å². The van der Waals surface area contributed by atoms with Crippen LogP contribution in [0.15, 0.2) is 60.9 Å². The van der Waals surface area contributed by atoms with Gasteiger partial charge in [0.1, 0.15) is 5.82 Å². The maximum atomic E-state index is 5.89. The first-order valence-electron chi connectivity index (χ1n) is 6.39. The molecule has 3 rings (SSSR count). The normalized spacial score (nSPS) is 10.4. The molecule has 2 heterocycles. The maximum Gasteiger partial charge on any atom is 0.161 e. The number of rotatable bonds is 3. The van der Waals surface area contributed by atoms with E-state index in [1.54, 1.807) is 12.4 Å². The first-order valence-corrected chi connectivity index (χ1v) is 6.39. The molecule has 20 heavy (non-hydrogen) atoms. The fourth-order valence-electron chi connectivity index (χ4n) is 2.04. The lowest BCUT2D eigenvalue weighted by Gasteiger charge is -2.06. The molecule has 0 aliphatic carbocycles. The quantitative estimate of drug-likeness (QED) is 0.788. The molecule has 0 saturated carbocycles. The van der Waals surface area contributed by atoms with E-state index >= 15 is 0 Å². The number of hydrogen-bond donors (Lipinski definition) is 1. The molecule has 0 amide bonds. The molecule has 4 heteroatoms. The minimum Gasteiger partial charge on any atom is -0.384 e. The van der Waals surface area contributed by atoms with Crippen molar-refractivity contribution in [2.45, 2.75) is 6.42 Å². The van der Waals surface area contributed by atoms with Crippen LogP contribution < -0.4 is 5.73 Å². The van der Waals surface area contributed by atoms with Gasteiger partial charge in [0.2, 0.25) is 0 Å². The molecule has 4 nitrogen and oxygen atoms in total. The van der Waals surface area contributed by atoms with Gasteiger partial charge in [-0.25, -0.2) is 9.97 Å². The Morgan fingerprint density at radius 3 is 2.40 bits per heavy atom. The SMILES string of the molecule is Nc1cc(Cc2ccncc2)nc(-c2ccccc2)n1. The standard InChI is InChI=1S/C16H14N4/c17-15-11-14(10-12-6-8-18-9-7-12)19-16(20-15)13-4-2-1-3-5-13/h1-9,11H,10H2,(H2,17,19,20). The number of pyridine rings is 1. The highest BCUT2D eigenvalue weighted by Crippen LogP contribution is 2.17. The minimum absolute atomic E-state index is 0.489. The minimum atomic E-state index is 0.489. The lowest BCUT2D eigenvalue weighted by Crippen LogP contribution is -2.01. The van der Waals surface area contributed by atoms with Gasteiger partial charge in [-0.15, -0.1) is 0 Å². The van der Waals surface area contributed by atoms with E-state index in [9.17, 15) is 0 Å². The maximum absolute atomic E-state index is 5.89. The fraction of sp³-hybridized carbons (Fsp3) is 0.0625. The molecule has 0 aliphatic rings. The number of hydrogen-bond acceptors (Lipinski definition) is 4. The number of aromatic nitrogens is 3. The molecule has 0 spiro atoms. The molecule has 0 aliphatic heterocycles. The molecule has 2 N–H and O–H groups in total. The summed E-state index contributed by atoms with van der Waals surface area (Å²) in [6.45, 7) is 0. The number of benzene rings is 1. The summed E-state index contributed by atoms with van der Waals surface area (Å²) in [4.78, 5) is 12.9. The number of nitrogens with zero attached hydrogens (tertiary/aromatic N) is 3. The van der Waals surface area contributed by atoms with Crippen LogP contribution in [0.5, 0.6) is 0 Å². The van der Waals surface area contributed by atoms with E-state index in [0.717, 1.165) is 23.2 Å².